The maximum atomic E-state index is 13.6. The van der Waals surface area contributed by atoms with Crippen LogP contribution in [-0.2, 0) is 28.3 Å². The molecule has 0 saturated carbocycles. The normalized spacial score (nSPS) is 11.5. The number of nitrogens with one attached hydrogen (secondary N) is 1. The summed E-state index contributed by atoms with van der Waals surface area (Å²) in [6.07, 6.45) is 0.466. The third-order valence-corrected chi connectivity index (χ3v) is 6.70. The van der Waals surface area contributed by atoms with Gasteiger partial charge in [-0.05, 0) is 42.7 Å². The van der Waals surface area contributed by atoms with Gasteiger partial charge < -0.3 is 15.0 Å². The zero-order valence-corrected chi connectivity index (χ0v) is 21.5. The molecule has 0 saturated heterocycles. The van der Waals surface area contributed by atoms with Gasteiger partial charge in [-0.25, -0.2) is 0 Å². The van der Waals surface area contributed by atoms with Crippen molar-refractivity contribution in [3.63, 3.8) is 0 Å². The van der Waals surface area contributed by atoms with Gasteiger partial charge in [0.25, 0.3) is 0 Å². The third-order valence-electron chi connectivity index (χ3n) is 5.71. The van der Waals surface area contributed by atoms with Crippen LogP contribution in [0.3, 0.4) is 0 Å². The average Bonchev–Trinajstić information content (AvgIpc) is 2.87. The highest BCUT2D eigenvalue weighted by atomic mass is 32.2. The molecular weight excluding hydrogens is 456 g/mol. The van der Waals surface area contributed by atoms with Crippen molar-refractivity contribution in [2.45, 2.75) is 38.6 Å². The highest BCUT2D eigenvalue weighted by Crippen LogP contribution is 2.20. The van der Waals surface area contributed by atoms with Crippen LogP contribution in [0.15, 0.2) is 78.9 Å². The van der Waals surface area contributed by atoms with E-state index in [1.807, 2.05) is 86.6 Å². The first-order valence-electron chi connectivity index (χ1n) is 11.9. The van der Waals surface area contributed by atoms with Gasteiger partial charge in [0.15, 0.2) is 0 Å². The number of likely N-dealkylation sites (N-methyl/N-ethyl adjacent to an activating group) is 1. The van der Waals surface area contributed by atoms with E-state index in [1.165, 1.54) is 0 Å². The van der Waals surface area contributed by atoms with Crippen LogP contribution in [0, 0.1) is 6.92 Å². The first-order valence-corrected chi connectivity index (χ1v) is 13.0. The highest BCUT2D eigenvalue weighted by Gasteiger charge is 2.30. The van der Waals surface area contributed by atoms with E-state index in [0.717, 1.165) is 28.0 Å². The number of thioether (sulfide) groups is 1. The fourth-order valence-electron chi connectivity index (χ4n) is 3.91. The van der Waals surface area contributed by atoms with Crippen molar-refractivity contribution in [1.82, 2.24) is 10.2 Å². The standard InChI is InChI=1S/C29H34N2O3S/c1-4-30-29(33)27(18-23-10-6-5-7-11-23)31(19-25-12-8-9-22(2)17-25)28(32)21-35-20-24-13-15-26(34-3)16-14-24/h5-17,27H,4,18-21H2,1-3H3,(H,30,33)/t27-/m1/s1. The largest absolute Gasteiger partial charge is 0.497 e. The maximum Gasteiger partial charge on any atom is 0.243 e. The van der Waals surface area contributed by atoms with Gasteiger partial charge in [0.05, 0.1) is 12.9 Å². The van der Waals surface area contributed by atoms with Crippen LogP contribution in [0.4, 0.5) is 0 Å². The van der Waals surface area contributed by atoms with Crippen LogP contribution < -0.4 is 10.1 Å². The van der Waals surface area contributed by atoms with Gasteiger partial charge in [0.1, 0.15) is 11.8 Å². The molecule has 3 rings (SSSR count). The molecule has 0 fully saturated rings. The van der Waals surface area contributed by atoms with Crippen LogP contribution in [0.5, 0.6) is 5.75 Å². The molecule has 0 bridgehead atoms. The SMILES string of the molecule is CCNC(=O)[C@@H](Cc1ccccc1)N(Cc1cccc(C)c1)C(=O)CSCc1ccc(OC)cc1. The molecular formula is C29H34N2O3S. The van der Waals surface area contributed by atoms with Gasteiger partial charge in [-0.15, -0.1) is 11.8 Å². The summed E-state index contributed by atoms with van der Waals surface area (Å²) >= 11 is 1.55. The van der Waals surface area contributed by atoms with E-state index in [-0.39, 0.29) is 11.8 Å². The summed E-state index contributed by atoms with van der Waals surface area (Å²) in [4.78, 5) is 28.5. The maximum absolute atomic E-state index is 13.6. The highest BCUT2D eigenvalue weighted by molar-refractivity contribution is 7.99. The monoisotopic (exact) mass is 490 g/mol. The number of hydrogen-bond donors (Lipinski definition) is 1. The number of nitrogens with zero attached hydrogens (tertiary/aromatic N) is 1. The molecule has 35 heavy (non-hydrogen) atoms. The zero-order valence-electron chi connectivity index (χ0n) is 20.7. The minimum Gasteiger partial charge on any atom is -0.497 e. The number of carbonyl (C=O) groups excluding carboxylic acids is 2. The van der Waals surface area contributed by atoms with Gasteiger partial charge in [-0.2, -0.15) is 0 Å². The second-order valence-corrected chi connectivity index (χ2v) is 9.44. The lowest BCUT2D eigenvalue weighted by Gasteiger charge is -2.31. The van der Waals surface area contributed by atoms with Gasteiger partial charge in [-0.3, -0.25) is 9.59 Å². The number of aryl methyl sites for hydroxylation is 1. The van der Waals surface area contributed by atoms with E-state index >= 15 is 0 Å². The first-order chi connectivity index (χ1) is 17.0. The van der Waals surface area contributed by atoms with Crippen molar-refractivity contribution >= 4 is 23.6 Å². The van der Waals surface area contributed by atoms with Crippen molar-refractivity contribution in [3.05, 3.63) is 101 Å². The Labute approximate surface area is 212 Å². The summed E-state index contributed by atoms with van der Waals surface area (Å²) in [5.41, 5.74) is 4.29. The fourth-order valence-corrected chi connectivity index (χ4v) is 4.78. The molecule has 3 aromatic carbocycles. The number of rotatable bonds is 12. The first kappa shape index (κ1) is 26.4. The number of hydrogen-bond acceptors (Lipinski definition) is 4. The molecule has 0 radical (unpaired) electrons. The molecule has 0 aliphatic rings. The molecule has 1 N–H and O–H groups in total. The van der Waals surface area contributed by atoms with E-state index in [0.29, 0.717) is 31.0 Å². The van der Waals surface area contributed by atoms with Gasteiger partial charge in [0, 0.05) is 25.3 Å². The van der Waals surface area contributed by atoms with Crippen molar-refractivity contribution in [2.75, 3.05) is 19.4 Å². The van der Waals surface area contributed by atoms with Crippen LogP contribution in [0.1, 0.15) is 29.2 Å². The molecule has 0 heterocycles. The predicted molar refractivity (Wildman–Crippen MR) is 144 cm³/mol. The molecule has 6 heteroatoms. The van der Waals surface area contributed by atoms with Crippen LogP contribution in [0.25, 0.3) is 0 Å². The molecule has 3 aromatic rings. The summed E-state index contributed by atoms with van der Waals surface area (Å²) in [7, 11) is 1.64. The molecule has 184 valence electrons. The lowest BCUT2D eigenvalue weighted by atomic mass is 10.0. The van der Waals surface area contributed by atoms with Gasteiger partial charge >= 0.3 is 0 Å². The second kappa shape index (κ2) is 13.6. The Kier molecular flexibility index (Phi) is 10.2. The third kappa shape index (κ3) is 8.18. The van der Waals surface area contributed by atoms with E-state index in [2.05, 4.69) is 11.4 Å². The number of amides is 2. The van der Waals surface area contributed by atoms with Crippen molar-refractivity contribution < 1.29 is 14.3 Å². The number of ether oxygens (including phenoxy) is 1. The van der Waals surface area contributed by atoms with Gasteiger partial charge in [0.2, 0.25) is 11.8 Å². The summed E-state index contributed by atoms with van der Waals surface area (Å²) in [6, 6.07) is 25.2. The zero-order chi connectivity index (χ0) is 25.0. The van der Waals surface area contributed by atoms with E-state index in [4.69, 9.17) is 4.74 Å². The van der Waals surface area contributed by atoms with Crippen molar-refractivity contribution in [2.24, 2.45) is 0 Å². The molecule has 5 nitrogen and oxygen atoms in total. The number of methoxy groups -OCH3 is 1. The lowest BCUT2D eigenvalue weighted by molar-refractivity contribution is -0.139. The van der Waals surface area contributed by atoms with E-state index < -0.39 is 6.04 Å². The second-order valence-electron chi connectivity index (χ2n) is 8.45. The average molecular weight is 491 g/mol. The van der Waals surface area contributed by atoms with Crippen LogP contribution in [-0.4, -0.2) is 42.2 Å². The topological polar surface area (TPSA) is 58.6 Å². The summed E-state index contributed by atoms with van der Waals surface area (Å²) in [5.74, 6) is 1.64. The minimum atomic E-state index is -0.591. The predicted octanol–water partition coefficient (Wildman–Crippen LogP) is 5.01. The smallest absolute Gasteiger partial charge is 0.243 e. The molecule has 1 atom stereocenters. The number of carbonyl (C=O) groups is 2. The van der Waals surface area contributed by atoms with Gasteiger partial charge in [-0.1, -0.05) is 72.3 Å². The van der Waals surface area contributed by atoms with E-state index in [1.54, 1.807) is 23.8 Å². The van der Waals surface area contributed by atoms with Crippen LogP contribution >= 0.6 is 11.8 Å². The molecule has 0 aromatic heterocycles. The summed E-state index contributed by atoms with van der Waals surface area (Å²) < 4.78 is 5.22. The Morgan fingerprint density at radius 1 is 0.943 bits per heavy atom. The van der Waals surface area contributed by atoms with Crippen LogP contribution in [0.2, 0.25) is 0 Å². The molecule has 0 unspecified atom stereocenters. The molecule has 0 spiro atoms. The number of benzene rings is 3. The summed E-state index contributed by atoms with van der Waals surface area (Å²) in [5, 5.41) is 2.94. The fraction of sp³-hybridized carbons (Fsp3) is 0.310. The van der Waals surface area contributed by atoms with Crippen molar-refractivity contribution in [1.29, 1.82) is 0 Å². The Hall–Kier alpha value is -3.25. The Balaban J connectivity index is 1.80. The minimum absolute atomic E-state index is 0.0443. The molecule has 0 aliphatic carbocycles. The lowest BCUT2D eigenvalue weighted by Crippen LogP contribution is -2.51. The van der Waals surface area contributed by atoms with Crippen molar-refractivity contribution in [3.8, 4) is 5.75 Å². The molecule has 2 amide bonds. The summed E-state index contributed by atoms with van der Waals surface area (Å²) in [6.45, 7) is 4.83. The van der Waals surface area contributed by atoms with E-state index in [9.17, 15) is 9.59 Å². The Morgan fingerprint density at radius 2 is 1.66 bits per heavy atom. The quantitative estimate of drug-likeness (QED) is 0.388. The Bertz CT molecular complexity index is 1090. The molecule has 0 aliphatic heterocycles. The Morgan fingerprint density at radius 3 is 2.31 bits per heavy atom.